The van der Waals surface area contributed by atoms with E-state index in [-0.39, 0.29) is 12.5 Å². The number of benzene rings is 1. The predicted molar refractivity (Wildman–Crippen MR) is 82.0 cm³/mol. The molecule has 0 heterocycles. The highest BCUT2D eigenvalue weighted by molar-refractivity contribution is 5.94. The molecule has 1 amide bonds. The molecule has 0 saturated carbocycles. The molecule has 0 saturated heterocycles. The zero-order valence-corrected chi connectivity index (χ0v) is 13.0. The van der Waals surface area contributed by atoms with E-state index in [2.05, 4.69) is 5.32 Å². The molecule has 21 heavy (non-hydrogen) atoms. The zero-order valence-electron chi connectivity index (χ0n) is 13.0. The number of hydrogen-bond acceptors (Lipinski definition) is 4. The Morgan fingerprint density at radius 2 is 1.81 bits per heavy atom. The van der Waals surface area contributed by atoms with E-state index in [4.69, 9.17) is 9.47 Å². The lowest BCUT2D eigenvalue weighted by Crippen LogP contribution is -2.30. The molecule has 0 radical (unpaired) electrons. The van der Waals surface area contributed by atoms with Gasteiger partial charge in [0.15, 0.2) is 11.5 Å². The molecule has 1 unspecified atom stereocenters. The van der Waals surface area contributed by atoms with E-state index in [1.807, 2.05) is 13.8 Å². The maximum atomic E-state index is 12.0. The second-order valence-electron chi connectivity index (χ2n) is 4.92. The van der Waals surface area contributed by atoms with Gasteiger partial charge in [-0.05, 0) is 38.0 Å². The molecule has 0 aliphatic carbocycles. The summed E-state index contributed by atoms with van der Waals surface area (Å²) in [4.78, 5) is 12.0. The first-order valence-corrected chi connectivity index (χ1v) is 7.44. The lowest BCUT2D eigenvalue weighted by Gasteiger charge is -2.14. The number of ether oxygens (including phenoxy) is 2. The fraction of sp³-hybridized carbons (Fsp3) is 0.562. The van der Waals surface area contributed by atoms with Crippen molar-refractivity contribution in [1.82, 2.24) is 5.32 Å². The summed E-state index contributed by atoms with van der Waals surface area (Å²) in [6, 6.07) is 5.12. The molecule has 0 aliphatic heterocycles. The van der Waals surface area contributed by atoms with Gasteiger partial charge in [0.05, 0.1) is 19.3 Å². The minimum absolute atomic E-state index is 0.220. The van der Waals surface area contributed by atoms with Crippen molar-refractivity contribution in [1.29, 1.82) is 0 Å². The molecule has 1 atom stereocenters. The average Bonchev–Trinajstić information content (AvgIpc) is 2.48. The van der Waals surface area contributed by atoms with Crippen LogP contribution in [0.1, 0.15) is 44.0 Å². The molecule has 5 heteroatoms. The SMILES string of the molecule is CCCOc1ccc(C(=O)NCC(C)O)cc1OCCC. The molecule has 0 aliphatic rings. The van der Waals surface area contributed by atoms with Gasteiger partial charge in [0.25, 0.3) is 5.91 Å². The summed E-state index contributed by atoms with van der Waals surface area (Å²) >= 11 is 0. The number of amides is 1. The number of rotatable bonds is 9. The number of nitrogens with one attached hydrogen (secondary N) is 1. The monoisotopic (exact) mass is 295 g/mol. The van der Waals surface area contributed by atoms with Crippen LogP contribution in [0.25, 0.3) is 0 Å². The summed E-state index contributed by atoms with van der Waals surface area (Å²) in [5, 5.41) is 11.9. The Morgan fingerprint density at radius 1 is 1.19 bits per heavy atom. The van der Waals surface area contributed by atoms with Gasteiger partial charge in [-0.2, -0.15) is 0 Å². The maximum absolute atomic E-state index is 12.0. The van der Waals surface area contributed by atoms with E-state index in [0.717, 1.165) is 12.8 Å². The Bertz CT molecular complexity index is 446. The topological polar surface area (TPSA) is 67.8 Å². The van der Waals surface area contributed by atoms with Crippen molar-refractivity contribution in [3.63, 3.8) is 0 Å². The van der Waals surface area contributed by atoms with Gasteiger partial charge < -0.3 is 19.9 Å². The van der Waals surface area contributed by atoms with Gasteiger partial charge in [0.2, 0.25) is 0 Å². The highest BCUT2D eigenvalue weighted by Crippen LogP contribution is 2.28. The fourth-order valence-electron chi connectivity index (χ4n) is 1.65. The molecule has 0 aromatic heterocycles. The highest BCUT2D eigenvalue weighted by atomic mass is 16.5. The van der Waals surface area contributed by atoms with Crippen molar-refractivity contribution in [2.75, 3.05) is 19.8 Å². The fourth-order valence-corrected chi connectivity index (χ4v) is 1.65. The van der Waals surface area contributed by atoms with E-state index in [9.17, 15) is 9.90 Å². The minimum Gasteiger partial charge on any atom is -0.490 e. The first-order valence-electron chi connectivity index (χ1n) is 7.44. The number of carbonyl (C=O) groups excluding carboxylic acids is 1. The van der Waals surface area contributed by atoms with Gasteiger partial charge in [-0.15, -0.1) is 0 Å². The van der Waals surface area contributed by atoms with Crippen molar-refractivity contribution >= 4 is 5.91 Å². The molecular weight excluding hydrogens is 270 g/mol. The highest BCUT2D eigenvalue weighted by Gasteiger charge is 2.12. The largest absolute Gasteiger partial charge is 0.490 e. The zero-order chi connectivity index (χ0) is 15.7. The molecule has 0 fully saturated rings. The number of aliphatic hydroxyl groups excluding tert-OH is 1. The molecule has 0 bridgehead atoms. The van der Waals surface area contributed by atoms with Crippen molar-refractivity contribution in [3.05, 3.63) is 23.8 Å². The summed E-state index contributed by atoms with van der Waals surface area (Å²) in [7, 11) is 0. The second-order valence-corrected chi connectivity index (χ2v) is 4.92. The molecule has 1 rings (SSSR count). The summed E-state index contributed by atoms with van der Waals surface area (Å²) in [6.45, 7) is 7.07. The van der Waals surface area contributed by atoms with Crippen molar-refractivity contribution in [2.45, 2.75) is 39.7 Å². The van der Waals surface area contributed by atoms with Crippen LogP contribution in [0.5, 0.6) is 11.5 Å². The third-order valence-electron chi connectivity index (χ3n) is 2.69. The Labute approximate surface area is 126 Å². The molecule has 118 valence electrons. The minimum atomic E-state index is -0.572. The van der Waals surface area contributed by atoms with Crippen LogP contribution in [-0.4, -0.2) is 36.9 Å². The summed E-state index contributed by atoms with van der Waals surface area (Å²) < 4.78 is 11.3. The summed E-state index contributed by atoms with van der Waals surface area (Å²) in [5.41, 5.74) is 0.491. The number of carbonyl (C=O) groups is 1. The van der Waals surface area contributed by atoms with Gasteiger partial charge in [-0.25, -0.2) is 0 Å². The van der Waals surface area contributed by atoms with Gasteiger partial charge in [0.1, 0.15) is 0 Å². The molecule has 1 aromatic carbocycles. The standard InChI is InChI=1S/C16H25NO4/c1-4-8-20-14-7-6-13(10-15(14)21-9-5-2)16(19)17-11-12(3)18/h6-7,10,12,18H,4-5,8-9,11H2,1-3H3,(H,17,19). The van der Waals surface area contributed by atoms with Crippen LogP contribution in [0.15, 0.2) is 18.2 Å². The second kappa shape index (κ2) is 9.23. The molecular formula is C16H25NO4. The number of hydrogen-bond donors (Lipinski definition) is 2. The van der Waals surface area contributed by atoms with Crippen LogP contribution in [0, 0.1) is 0 Å². The molecule has 1 aromatic rings. The Balaban J connectivity index is 2.83. The third kappa shape index (κ3) is 6.04. The molecule has 2 N–H and O–H groups in total. The van der Waals surface area contributed by atoms with Crippen LogP contribution in [0.2, 0.25) is 0 Å². The van der Waals surface area contributed by atoms with Crippen LogP contribution in [0.4, 0.5) is 0 Å². The lowest BCUT2D eigenvalue weighted by molar-refractivity contribution is 0.0923. The van der Waals surface area contributed by atoms with E-state index in [1.165, 1.54) is 0 Å². The van der Waals surface area contributed by atoms with Crippen LogP contribution >= 0.6 is 0 Å². The predicted octanol–water partition coefficient (Wildman–Crippen LogP) is 2.37. The summed E-state index contributed by atoms with van der Waals surface area (Å²) in [5.74, 6) is 0.992. The Hall–Kier alpha value is -1.75. The molecule has 0 spiro atoms. The Morgan fingerprint density at radius 3 is 2.38 bits per heavy atom. The number of aliphatic hydroxyl groups is 1. The van der Waals surface area contributed by atoms with E-state index < -0.39 is 6.10 Å². The average molecular weight is 295 g/mol. The van der Waals surface area contributed by atoms with Crippen molar-refractivity contribution in [3.8, 4) is 11.5 Å². The van der Waals surface area contributed by atoms with Crippen molar-refractivity contribution < 1.29 is 19.4 Å². The van der Waals surface area contributed by atoms with Gasteiger partial charge in [-0.3, -0.25) is 4.79 Å². The van der Waals surface area contributed by atoms with E-state index in [1.54, 1.807) is 25.1 Å². The van der Waals surface area contributed by atoms with Crippen molar-refractivity contribution in [2.24, 2.45) is 0 Å². The molecule has 5 nitrogen and oxygen atoms in total. The first-order chi connectivity index (χ1) is 10.1. The van der Waals surface area contributed by atoms with Crippen LogP contribution in [0.3, 0.4) is 0 Å². The van der Waals surface area contributed by atoms with Gasteiger partial charge in [-0.1, -0.05) is 13.8 Å². The Kier molecular flexibility index (Phi) is 7.61. The van der Waals surface area contributed by atoms with Crippen LogP contribution < -0.4 is 14.8 Å². The quantitative estimate of drug-likeness (QED) is 0.734. The lowest BCUT2D eigenvalue weighted by atomic mass is 10.2. The maximum Gasteiger partial charge on any atom is 0.251 e. The third-order valence-corrected chi connectivity index (χ3v) is 2.69. The van der Waals surface area contributed by atoms with Gasteiger partial charge in [0, 0.05) is 12.1 Å². The van der Waals surface area contributed by atoms with Crippen LogP contribution in [-0.2, 0) is 0 Å². The normalized spacial score (nSPS) is 11.8. The van der Waals surface area contributed by atoms with E-state index in [0.29, 0.717) is 30.3 Å². The van der Waals surface area contributed by atoms with E-state index >= 15 is 0 Å². The summed E-state index contributed by atoms with van der Waals surface area (Å²) in [6.07, 6.45) is 1.21. The smallest absolute Gasteiger partial charge is 0.251 e. The van der Waals surface area contributed by atoms with Gasteiger partial charge >= 0.3 is 0 Å². The first kappa shape index (κ1) is 17.3.